The van der Waals surface area contributed by atoms with Crippen LogP contribution in [0.25, 0.3) is 0 Å². The van der Waals surface area contributed by atoms with E-state index >= 15 is 0 Å². The summed E-state index contributed by atoms with van der Waals surface area (Å²) in [6.07, 6.45) is -8.82. The van der Waals surface area contributed by atoms with E-state index in [1.165, 1.54) is 5.32 Å². The lowest BCUT2D eigenvalue weighted by molar-refractivity contribution is -0.196. The van der Waals surface area contributed by atoms with Gasteiger partial charge in [-0.05, 0) is 6.42 Å². The molecule has 0 bridgehead atoms. The van der Waals surface area contributed by atoms with E-state index < -0.39 is 36.2 Å². The van der Waals surface area contributed by atoms with E-state index in [1.54, 1.807) is 6.92 Å². The zero-order valence-electron chi connectivity index (χ0n) is 12.0. The molecule has 1 unspecified atom stereocenters. The van der Waals surface area contributed by atoms with E-state index in [9.17, 15) is 40.7 Å². The summed E-state index contributed by atoms with van der Waals surface area (Å²) < 4.78 is 71.6. The fraction of sp³-hybridized carbons (Fsp3) is 0.727. The predicted molar refractivity (Wildman–Crippen MR) is 63.2 cm³/mol. The van der Waals surface area contributed by atoms with Crippen LogP contribution in [-0.2, 0) is 19.1 Å². The van der Waals surface area contributed by atoms with Crippen LogP contribution in [0.15, 0.2) is 0 Å². The summed E-state index contributed by atoms with van der Waals surface area (Å²) in [5.41, 5.74) is 0. The Hall–Kier alpha value is -2.01. The number of unbranched alkanes of at least 4 members (excludes halogenated alkanes) is 1. The Morgan fingerprint density at radius 1 is 1.09 bits per heavy atom. The van der Waals surface area contributed by atoms with Gasteiger partial charge in [0.05, 0.1) is 7.11 Å². The Balaban J connectivity index is 0. The molecule has 0 heterocycles. The molecule has 0 fully saturated rings. The highest BCUT2D eigenvalue weighted by atomic mass is 19.4. The van der Waals surface area contributed by atoms with Crippen LogP contribution in [0.5, 0.6) is 0 Å². The van der Waals surface area contributed by atoms with Crippen molar-refractivity contribution in [2.45, 2.75) is 44.6 Å². The Morgan fingerprint density at radius 3 is 1.78 bits per heavy atom. The molecular formula is C11H15F6NO5. The highest BCUT2D eigenvalue weighted by Crippen LogP contribution is 2.16. The molecule has 6 nitrogen and oxygen atoms in total. The van der Waals surface area contributed by atoms with Gasteiger partial charge >= 0.3 is 30.2 Å². The van der Waals surface area contributed by atoms with Gasteiger partial charge < -0.3 is 15.2 Å². The lowest BCUT2D eigenvalue weighted by Gasteiger charge is -2.14. The molecule has 2 N–H and O–H groups in total. The number of hydrogen-bond acceptors (Lipinski definition) is 4. The predicted octanol–water partition coefficient (Wildman–Crippen LogP) is 2.03. The van der Waals surface area contributed by atoms with Crippen LogP contribution >= 0.6 is 0 Å². The van der Waals surface area contributed by atoms with Gasteiger partial charge in [0.1, 0.15) is 6.04 Å². The van der Waals surface area contributed by atoms with Gasteiger partial charge in [0, 0.05) is 0 Å². The number of ether oxygens (including phenoxy) is 1. The van der Waals surface area contributed by atoms with Crippen LogP contribution in [0.4, 0.5) is 26.3 Å². The fourth-order valence-electron chi connectivity index (χ4n) is 1.02. The fourth-order valence-corrected chi connectivity index (χ4v) is 1.02. The first-order chi connectivity index (χ1) is 10.3. The van der Waals surface area contributed by atoms with Crippen molar-refractivity contribution >= 4 is 17.8 Å². The zero-order valence-corrected chi connectivity index (χ0v) is 12.0. The van der Waals surface area contributed by atoms with Crippen molar-refractivity contribution < 1.29 is 50.6 Å². The molecule has 12 heteroatoms. The largest absolute Gasteiger partial charge is 0.490 e. The van der Waals surface area contributed by atoms with Crippen LogP contribution < -0.4 is 5.32 Å². The molecule has 0 aromatic carbocycles. The second-order valence-corrected chi connectivity index (χ2v) is 3.99. The van der Waals surface area contributed by atoms with Crippen LogP contribution in [0.1, 0.15) is 26.2 Å². The summed E-state index contributed by atoms with van der Waals surface area (Å²) in [5, 5.41) is 9.96. The number of nitrogens with one attached hydrogen (secondary N) is 1. The number of alkyl halides is 6. The maximum Gasteiger partial charge on any atom is 0.490 e. The quantitative estimate of drug-likeness (QED) is 0.582. The standard InChI is InChI=1S/C8H12F3NO3.C3H3F3O2/c1-2-3-4-5(6(13)14)12-7(15)8(9,10)11;1-8-2(7)3(4,5)6/h5H,2-4H2,1H3,(H,12,15)(H,13,14);1H3. The van der Waals surface area contributed by atoms with Crippen molar-refractivity contribution in [2.75, 3.05) is 7.11 Å². The number of carbonyl (C=O) groups excluding carboxylic acids is 2. The lowest BCUT2D eigenvalue weighted by Crippen LogP contribution is -2.46. The smallest absolute Gasteiger partial charge is 0.480 e. The molecular weight excluding hydrogens is 340 g/mol. The Labute approximate surface area is 126 Å². The van der Waals surface area contributed by atoms with Crippen LogP contribution in [0.3, 0.4) is 0 Å². The van der Waals surface area contributed by atoms with Crippen molar-refractivity contribution in [2.24, 2.45) is 0 Å². The molecule has 0 aromatic rings. The van der Waals surface area contributed by atoms with Gasteiger partial charge in [0.15, 0.2) is 0 Å². The number of halogens is 6. The molecule has 0 aromatic heterocycles. The first kappa shape index (κ1) is 23.3. The van der Waals surface area contributed by atoms with Crippen LogP contribution in [0, 0.1) is 0 Å². The van der Waals surface area contributed by atoms with Gasteiger partial charge in [-0.1, -0.05) is 19.8 Å². The molecule has 0 rings (SSSR count). The molecule has 0 saturated carbocycles. The molecule has 0 saturated heterocycles. The number of esters is 1. The number of carbonyl (C=O) groups is 3. The van der Waals surface area contributed by atoms with Gasteiger partial charge in [0.25, 0.3) is 0 Å². The van der Waals surface area contributed by atoms with Crippen LogP contribution in [0.2, 0.25) is 0 Å². The SMILES string of the molecule is CCCCC(NC(=O)C(F)(F)F)C(=O)O.COC(=O)C(F)(F)F. The number of rotatable bonds is 5. The topological polar surface area (TPSA) is 92.7 Å². The van der Waals surface area contributed by atoms with Gasteiger partial charge in [-0.2, -0.15) is 26.3 Å². The Kier molecular flexibility index (Phi) is 10.0. The number of aliphatic carboxylic acids is 1. The number of hydrogen-bond donors (Lipinski definition) is 2. The van der Waals surface area contributed by atoms with Crippen molar-refractivity contribution in [1.82, 2.24) is 5.32 Å². The summed E-state index contributed by atoms with van der Waals surface area (Å²) in [5.74, 6) is -5.84. The molecule has 0 radical (unpaired) electrons. The molecule has 1 atom stereocenters. The van der Waals surface area contributed by atoms with E-state index in [0.29, 0.717) is 20.0 Å². The minimum atomic E-state index is -5.04. The third-order valence-corrected chi connectivity index (χ3v) is 2.12. The minimum absolute atomic E-state index is 0.00630. The minimum Gasteiger partial charge on any atom is -0.480 e. The van der Waals surface area contributed by atoms with E-state index in [1.807, 2.05) is 0 Å². The van der Waals surface area contributed by atoms with E-state index in [0.717, 1.165) is 0 Å². The maximum absolute atomic E-state index is 11.8. The molecule has 0 aliphatic carbocycles. The number of methoxy groups -OCH3 is 1. The molecule has 0 spiro atoms. The van der Waals surface area contributed by atoms with Crippen molar-refractivity contribution in [1.29, 1.82) is 0 Å². The Morgan fingerprint density at radius 2 is 1.57 bits per heavy atom. The van der Waals surface area contributed by atoms with Gasteiger partial charge in [0.2, 0.25) is 0 Å². The van der Waals surface area contributed by atoms with Gasteiger partial charge in [-0.3, -0.25) is 4.79 Å². The average molecular weight is 355 g/mol. The number of amides is 1. The van der Waals surface area contributed by atoms with E-state index in [-0.39, 0.29) is 6.42 Å². The van der Waals surface area contributed by atoms with E-state index in [2.05, 4.69) is 4.74 Å². The summed E-state index contributed by atoms with van der Waals surface area (Å²) in [6.45, 7) is 1.77. The summed E-state index contributed by atoms with van der Waals surface area (Å²) in [4.78, 5) is 30.4. The molecule has 0 aliphatic rings. The van der Waals surface area contributed by atoms with Crippen LogP contribution in [-0.4, -0.2) is 48.5 Å². The second-order valence-electron chi connectivity index (χ2n) is 3.99. The van der Waals surface area contributed by atoms with E-state index in [4.69, 9.17) is 5.11 Å². The van der Waals surface area contributed by atoms with Crippen molar-refractivity contribution in [3.05, 3.63) is 0 Å². The van der Waals surface area contributed by atoms with Gasteiger partial charge in [-0.25, -0.2) is 9.59 Å². The van der Waals surface area contributed by atoms with Crippen molar-refractivity contribution in [3.63, 3.8) is 0 Å². The monoisotopic (exact) mass is 355 g/mol. The molecule has 23 heavy (non-hydrogen) atoms. The summed E-state index contributed by atoms with van der Waals surface area (Å²) in [7, 11) is 0.676. The first-order valence-electron chi connectivity index (χ1n) is 6.02. The third-order valence-electron chi connectivity index (χ3n) is 2.12. The number of carboxylic acid groups (broad SMARTS) is 1. The zero-order chi connectivity index (χ0) is 18.8. The maximum atomic E-state index is 11.8. The normalized spacial score (nSPS) is 12.5. The lowest BCUT2D eigenvalue weighted by atomic mass is 10.1. The Bertz CT molecular complexity index is 407. The van der Waals surface area contributed by atoms with Crippen molar-refractivity contribution in [3.8, 4) is 0 Å². The first-order valence-corrected chi connectivity index (χ1v) is 6.02. The third kappa shape index (κ3) is 11.2. The molecule has 0 aliphatic heterocycles. The highest BCUT2D eigenvalue weighted by molar-refractivity contribution is 5.86. The van der Waals surface area contributed by atoms with Gasteiger partial charge in [-0.15, -0.1) is 0 Å². The summed E-state index contributed by atoms with van der Waals surface area (Å²) in [6, 6.07) is -1.47. The highest BCUT2D eigenvalue weighted by Gasteiger charge is 2.41. The molecule has 136 valence electrons. The second kappa shape index (κ2) is 9.90. The average Bonchev–Trinajstić information content (AvgIpc) is 2.40. The summed E-state index contributed by atoms with van der Waals surface area (Å²) >= 11 is 0. The molecule has 1 amide bonds. The number of carboxylic acids is 1.